The molecule has 1 unspecified atom stereocenters. The van der Waals surface area contributed by atoms with Crippen molar-refractivity contribution in [1.82, 2.24) is 20.6 Å². The minimum absolute atomic E-state index is 0. The number of rotatable bonds is 7. The third-order valence-electron chi connectivity index (χ3n) is 4.63. The highest BCUT2D eigenvalue weighted by molar-refractivity contribution is 14.0. The van der Waals surface area contributed by atoms with Crippen LogP contribution in [0.15, 0.2) is 41.7 Å². The van der Waals surface area contributed by atoms with Crippen molar-refractivity contribution in [3.05, 3.63) is 52.9 Å². The van der Waals surface area contributed by atoms with Crippen LogP contribution in [0.25, 0.3) is 0 Å². The van der Waals surface area contributed by atoms with Crippen molar-refractivity contribution in [3.8, 4) is 0 Å². The van der Waals surface area contributed by atoms with E-state index in [0.29, 0.717) is 11.7 Å². The molecule has 0 radical (unpaired) electrons. The maximum absolute atomic E-state index is 5.84. The summed E-state index contributed by atoms with van der Waals surface area (Å²) in [7, 11) is 0. The van der Waals surface area contributed by atoms with Crippen LogP contribution < -0.4 is 15.5 Å². The summed E-state index contributed by atoms with van der Waals surface area (Å²) >= 11 is 5.84. The van der Waals surface area contributed by atoms with Gasteiger partial charge in [0.1, 0.15) is 11.0 Å². The Labute approximate surface area is 200 Å². The molecular formula is C21H30ClIN6O. The van der Waals surface area contributed by atoms with Gasteiger partial charge in [0.25, 0.3) is 0 Å². The Morgan fingerprint density at radius 2 is 2.13 bits per heavy atom. The molecule has 30 heavy (non-hydrogen) atoms. The fourth-order valence-electron chi connectivity index (χ4n) is 3.15. The van der Waals surface area contributed by atoms with Crippen LogP contribution >= 0.6 is 35.6 Å². The molecular weight excluding hydrogens is 515 g/mol. The van der Waals surface area contributed by atoms with Crippen molar-refractivity contribution < 1.29 is 4.74 Å². The number of halogens is 2. The third-order valence-corrected chi connectivity index (χ3v) is 4.86. The van der Waals surface area contributed by atoms with E-state index in [1.807, 2.05) is 24.4 Å². The number of nitrogens with one attached hydrogen (secondary N) is 2. The van der Waals surface area contributed by atoms with Crippen molar-refractivity contribution in [3.63, 3.8) is 0 Å². The summed E-state index contributed by atoms with van der Waals surface area (Å²) in [6.45, 7) is 8.79. The maximum atomic E-state index is 5.84. The zero-order valence-corrected chi connectivity index (χ0v) is 20.6. The first-order valence-corrected chi connectivity index (χ1v) is 10.5. The van der Waals surface area contributed by atoms with E-state index in [-0.39, 0.29) is 30.1 Å². The van der Waals surface area contributed by atoms with Gasteiger partial charge in [0.05, 0.1) is 19.3 Å². The van der Waals surface area contributed by atoms with Gasteiger partial charge >= 0.3 is 0 Å². The summed E-state index contributed by atoms with van der Waals surface area (Å²) in [5.74, 6) is 1.79. The van der Waals surface area contributed by atoms with Crippen molar-refractivity contribution >= 4 is 47.4 Å². The Morgan fingerprint density at radius 3 is 2.87 bits per heavy atom. The molecule has 2 aromatic heterocycles. The Hall–Kier alpha value is -1.65. The van der Waals surface area contributed by atoms with E-state index in [2.05, 4.69) is 45.4 Å². The molecule has 1 aliphatic heterocycles. The largest absolute Gasteiger partial charge is 0.375 e. The van der Waals surface area contributed by atoms with Gasteiger partial charge in [-0.05, 0) is 49.6 Å². The monoisotopic (exact) mass is 544 g/mol. The van der Waals surface area contributed by atoms with Crippen LogP contribution in [0.5, 0.6) is 0 Å². The van der Waals surface area contributed by atoms with Gasteiger partial charge in [-0.1, -0.05) is 17.7 Å². The summed E-state index contributed by atoms with van der Waals surface area (Å²) < 4.78 is 5.62. The molecule has 164 valence electrons. The minimum Gasteiger partial charge on any atom is -0.375 e. The molecule has 0 spiro atoms. The number of anilines is 1. The quantitative estimate of drug-likeness (QED) is 0.241. The molecule has 1 saturated heterocycles. The number of guanidine groups is 1. The van der Waals surface area contributed by atoms with Gasteiger partial charge in [0, 0.05) is 38.6 Å². The second-order valence-corrected chi connectivity index (χ2v) is 7.40. The minimum atomic E-state index is 0. The molecule has 0 saturated carbocycles. The third kappa shape index (κ3) is 7.88. The molecule has 0 amide bonds. The Balaban J connectivity index is 0.00000320. The summed E-state index contributed by atoms with van der Waals surface area (Å²) in [5.41, 5.74) is 2.27. The number of nitrogens with zero attached hydrogens (tertiary/aromatic N) is 4. The number of pyridine rings is 2. The molecule has 0 aromatic carbocycles. The summed E-state index contributed by atoms with van der Waals surface area (Å²) in [4.78, 5) is 15.6. The predicted molar refractivity (Wildman–Crippen MR) is 133 cm³/mol. The smallest absolute Gasteiger partial charge is 0.191 e. The summed E-state index contributed by atoms with van der Waals surface area (Å²) in [6.07, 6.45) is 4.74. The van der Waals surface area contributed by atoms with Gasteiger partial charge in [-0.2, -0.15) is 0 Å². The van der Waals surface area contributed by atoms with E-state index in [0.717, 1.165) is 62.1 Å². The fraction of sp³-hybridized carbons (Fsp3) is 0.476. The molecule has 1 aliphatic rings. The summed E-state index contributed by atoms with van der Waals surface area (Å²) in [6, 6.07) is 7.93. The average molecular weight is 545 g/mol. The molecule has 2 aromatic rings. The fourth-order valence-corrected chi connectivity index (χ4v) is 3.26. The van der Waals surface area contributed by atoms with Crippen LogP contribution in [-0.2, 0) is 17.7 Å². The molecule has 7 nitrogen and oxygen atoms in total. The Morgan fingerprint density at radius 1 is 1.27 bits per heavy atom. The van der Waals surface area contributed by atoms with E-state index in [1.54, 1.807) is 6.20 Å². The van der Waals surface area contributed by atoms with Gasteiger partial charge < -0.3 is 20.3 Å². The number of hydrogen-bond acceptors (Lipinski definition) is 5. The van der Waals surface area contributed by atoms with Gasteiger partial charge in [-0.25, -0.2) is 15.0 Å². The standard InChI is InChI=1S/C21H29ClN6O.HI/c1-3-23-21(25-9-6-17-4-5-19(22)26-13-17)27-14-18-7-8-24-20(12-18)28-10-11-29-16(2)15-28;/h4-5,7-8,12-13,16H,3,6,9-11,14-15H2,1-2H3,(H2,23,25,27);1H. The normalized spacial score (nSPS) is 16.7. The lowest BCUT2D eigenvalue weighted by atomic mass is 10.2. The van der Waals surface area contributed by atoms with Gasteiger partial charge in [0.15, 0.2) is 5.96 Å². The molecule has 2 N–H and O–H groups in total. The van der Waals surface area contributed by atoms with E-state index in [9.17, 15) is 0 Å². The number of aliphatic imine (C=N–C) groups is 1. The van der Waals surface area contributed by atoms with Gasteiger partial charge in [-0.15, -0.1) is 24.0 Å². The number of aromatic nitrogens is 2. The lowest BCUT2D eigenvalue weighted by Crippen LogP contribution is -2.41. The summed E-state index contributed by atoms with van der Waals surface area (Å²) in [5, 5.41) is 7.18. The van der Waals surface area contributed by atoms with E-state index < -0.39 is 0 Å². The van der Waals surface area contributed by atoms with Crippen LogP contribution in [0.1, 0.15) is 25.0 Å². The first-order chi connectivity index (χ1) is 14.1. The maximum Gasteiger partial charge on any atom is 0.191 e. The number of hydrogen-bond donors (Lipinski definition) is 2. The topological polar surface area (TPSA) is 74.7 Å². The molecule has 1 fully saturated rings. The van der Waals surface area contributed by atoms with E-state index in [1.165, 1.54) is 0 Å². The van der Waals surface area contributed by atoms with Crippen LogP contribution in [-0.4, -0.2) is 54.8 Å². The Kier molecular flexibility index (Phi) is 10.6. The molecule has 0 bridgehead atoms. The van der Waals surface area contributed by atoms with E-state index in [4.69, 9.17) is 21.3 Å². The van der Waals surface area contributed by atoms with Crippen LogP contribution in [0, 0.1) is 0 Å². The lowest BCUT2D eigenvalue weighted by molar-refractivity contribution is 0.0529. The zero-order valence-electron chi connectivity index (χ0n) is 17.5. The number of morpholine rings is 1. The van der Waals surface area contributed by atoms with Crippen molar-refractivity contribution in [2.75, 3.05) is 37.7 Å². The average Bonchev–Trinajstić information content (AvgIpc) is 2.74. The molecule has 3 rings (SSSR count). The highest BCUT2D eigenvalue weighted by atomic mass is 127. The van der Waals surface area contributed by atoms with Crippen LogP contribution in [0.3, 0.4) is 0 Å². The van der Waals surface area contributed by atoms with E-state index >= 15 is 0 Å². The molecule has 3 heterocycles. The first-order valence-electron chi connectivity index (χ1n) is 10.1. The van der Waals surface area contributed by atoms with Crippen molar-refractivity contribution in [2.45, 2.75) is 32.9 Å². The lowest BCUT2D eigenvalue weighted by Gasteiger charge is -2.32. The van der Waals surface area contributed by atoms with Crippen LogP contribution in [0.4, 0.5) is 5.82 Å². The molecule has 9 heteroatoms. The molecule has 0 aliphatic carbocycles. The SMILES string of the molecule is CCNC(=NCc1ccnc(N2CCOC(C)C2)c1)NCCc1ccc(Cl)nc1.I. The zero-order chi connectivity index (χ0) is 20.5. The second kappa shape index (κ2) is 12.9. The van der Waals surface area contributed by atoms with Gasteiger partial charge in [0.2, 0.25) is 0 Å². The van der Waals surface area contributed by atoms with Crippen molar-refractivity contribution in [2.24, 2.45) is 4.99 Å². The van der Waals surface area contributed by atoms with Crippen molar-refractivity contribution in [1.29, 1.82) is 0 Å². The predicted octanol–water partition coefficient (Wildman–Crippen LogP) is 3.27. The van der Waals surface area contributed by atoms with Gasteiger partial charge in [-0.3, -0.25) is 0 Å². The molecule has 1 atom stereocenters. The Bertz CT molecular complexity index is 804. The highest BCUT2D eigenvalue weighted by Gasteiger charge is 2.17. The highest BCUT2D eigenvalue weighted by Crippen LogP contribution is 2.17. The first kappa shape index (κ1) is 24.6. The second-order valence-electron chi connectivity index (χ2n) is 7.01. The van der Waals surface area contributed by atoms with Crippen LogP contribution in [0.2, 0.25) is 5.15 Å². The number of ether oxygens (including phenoxy) is 1.